The first-order valence-corrected chi connectivity index (χ1v) is 6.52. The summed E-state index contributed by atoms with van der Waals surface area (Å²) < 4.78 is 21.5. The highest BCUT2D eigenvalue weighted by atomic mass is 32.2. The van der Waals surface area contributed by atoms with Gasteiger partial charge in [-0.25, -0.2) is 8.42 Å². The van der Waals surface area contributed by atoms with Crippen molar-refractivity contribution in [2.45, 2.75) is 6.42 Å². The van der Waals surface area contributed by atoms with E-state index in [9.17, 15) is 13.2 Å². The fourth-order valence-electron chi connectivity index (χ4n) is 0.755. The summed E-state index contributed by atoms with van der Waals surface area (Å²) in [5.74, 6) is -0.253. The highest BCUT2D eigenvalue weighted by molar-refractivity contribution is 7.90. The molecule has 0 aliphatic carbocycles. The number of ketones is 1. The summed E-state index contributed by atoms with van der Waals surface area (Å²) in [4.78, 5) is 15.5. The summed E-state index contributed by atoms with van der Waals surface area (Å²) in [6, 6.07) is 0. The molecule has 0 aromatic carbocycles. The minimum absolute atomic E-state index is 0.0427. The van der Waals surface area contributed by atoms with Gasteiger partial charge in [0, 0.05) is 18.9 Å². The van der Waals surface area contributed by atoms with Crippen LogP contribution in [0, 0.1) is 0 Å². The molecule has 1 aromatic rings. The van der Waals surface area contributed by atoms with Crippen molar-refractivity contribution in [1.82, 2.24) is 4.98 Å². The van der Waals surface area contributed by atoms with Crippen LogP contribution in [-0.2, 0) is 9.84 Å². The molecule has 0 atom stereocenters. The number of nitrogens with zero attached hydrogens (tertiary/aromatic N) is 1. The van der Waals surface area contributed by atoms with E-state index >= 15 is 0 Å². The molecule has 0 bridgehead atoms. The molecule has 0 aliphatic heterocycles. The average Bonchev–Trinajstić information content (AvgIpc) is 2.50. The van der Waals surface area contributed by atoms with Crippen LogP contribution in [0.1, 0.15) is 16.1 Å². The van der Waals surface area contributed by atoms with E-state index < -0.39 is 9.84 Å². The normalized spacial score (nSPS) is 11.5. The number of hydrogen-bond acceptors (Lipinski definition) is 5. The predicted molar refractivity (Wildman–Crippen MR) is 50.8 cm³/mol. The molecule has 0 amide bonds. The largest absolute Gasteiger partial charge is 0.293 e. The first-order valence-electron chi connectivity index (χ1n) is 3.58. The summed E-state index contributed by atoms with van der Waals surface area (Å²) in [5.41, 5.74) is 1.55. The van der Waals surface area contributed by atoms with Gasteiger partial charge >= 0.3 is 0 Å². The van der Waals surface area contributed by atoms with Crippen molar-refractivity contribution < 1.29 is 13.2 Å². The lowest BCUT2D eigenvalue weighted by atomic mass is 10.3. The van der Waals surface area contributed by atoms with Crippen molar-refractivity contribution in [2.75, 3.05) is 12.0 Å². The molecule has 13 heavy (non-hydrogen) atoms. The zero-order valence-corrected chi connectivity index (χ0v) is 8.69. The number of thiazole rings is 1. The summed E-state index contributed by atoms with van der Waals surface area (Å²) in [7, 11) is -3.05. The molecule has 1 aromatic heterocycles. The molecule has 0 saturated heterocycles. The number of carbonyl (C=O) groups excluding carboxylic acids is 1. The summed E-state index contributed by atoms with van der Waals surface area (Å²) >= 11 is 1.23. The molecule has 0 radical (unpaired) electrons. The van der Waals surface area contributed by atoms with E-state index in [0.717, 1.165) is 6.26 Å². The van der Waals surface area contributed by atoms with Gasteiger partial charge in [0.15, 0.2) is 5.78 Å². The van der Waals surface area contributed by atoms with Crippen LogP contribution in [-0.4, -0.2) is 31.2 Å². The number of hydrogen-bond donors (Lipinski definition) is 0. The molecule has 0 fully saturated rings. The third kappa shape index (κ3) is 3.65. The minimum atomic E-state index is -3.05. The van der Waals surface area contributed by atoms with Gasteiger partial charge in [0.25, 0.3) is 0 Å². The van der Waals surface area contributed by atoms with Crippen LogP contribution in [0.15, 0.2) is 11.7 Å². The van der Waals surface area contributed by atoms with Crippen LogP contribution in [0.2, 0.25) is 0 Å². The molecule has 6 heteroatoms. The van der Waals surface area contributed by atoms with Crippen molar-refractivity contribution >= 4 is 27.0 Å². The number of rotatable bonds is 4. The molecule has 1 rings (SSSR count). The van der Waals surface area contributed by atoms with Gasteiger partial charge in [-0.05, 0) is 0 Å². The molecule has 0 unspecified atom stereocenters. The van der Waals surface area contributed by atoms with Crippen molar-refractivity contribution in [2.24, 2.45) is 0 Å². The Balaban J connectivity index is 2.53. The van der Waals surface area contributed by atoms with Gasteiger partial charge in [0.1, 0.15) is 9.84 Å². The Morgan fingerprint density at radius 2 is 2.31 bits per heavy atom. The van der Waals surface area contributed by atoms with E-state index in [1.54, 1.807) is 5.51 Å². The fourth-order valence-corrected chi connectivity index (χ4v) is 1.90. The molecular weight excluding hydrogens is 210 g/mol. The second-order valence-electron chi connectivity index (χ2n) is 2.67. The third-order valence-electron chi connectivity index (χ3n) is 1.41. The van der Waals surface area contributed by atoms with Crippen molar-refractivity contribution in [3.63, 3.8) is 0 Å². The molecule has 0 spiro atoms. The van der Waals surface area contributed by atoms with Crippen molar-refractivity contribution in [3.8, 4) is 0 Å². The third-order valence-corrected chi connectivity index (χ3v) is 3.17. The molecule has 72 valence electrons. The first kappa shape index (κ1) is 10.3. The van der Waals surface area contributed by atoms with Crippen LogP contribution >= 0.6 is 11.3 Å². The number of Topliss-reactive ketones (excluding diaryl/α,β-unsaturated/α-hetero) is 1. The van der Waals surface area contributed by atoms with Crippen LogP contribution in [0.3, 0.4) is 0 Å². The SMILES string of the molecule is CS(=O)(=O)CCC(=O)c1cncs1. The molecule has 0 aliphatic rings. The van der Waals surface area contributed by atoms with Gasteiger partial charge in [0.05, 0.1) is 16.1 Å². The zero-order chi connectivity index (χ0) is 9.90. The van der Waals surface area contributed by atoms with Crippen LogP contribution < -0.4 is 0 Å². The quantitative estimate of drug-likeness (QED) is 0.701. The van der Waals surface area contributed by atoms with Gasteiger partial charge < -0.3 is 0 Å². The Morgan fingerprint density at radius 1 is 1.62 bits per heavy atom. The fraction of sp³-hybridized carbons (Fsp3) is 0.429. The first-order chi connectivity index (χ1) is 5.99. The highest BCUT2D eigenvalue weighted by Gasteiger charge is 2.10. The van der Waals surface area contributed by atoms with Crippen LogP contribution in [0.5, 0.6) is 0 Å². The standard InChI is InChI=1S/C7H9NO3S2/c1-13(10,11)3-2-6(9)7-4-8-5-12-7/h4-5H,2-3H2,1H3. The maximum absolute atomic E-state index is 11.3. The Labute approximate surface area is 80.5 Å². The second kappa shape index (κ2) is 3.97. The van der Waals surface area contributed by atoms with Gasteiger partial charge in [-0.15, -0.1) is 11.3 Å². The zero-order valence-electron chi connectivity index (χ0n) is 7.06. The van der Waals surface area contributed by atoms with E-state index in [0.29, 0.717) is 4.88 Å². The molecule has 0 N–H and O–H groups in total. The Bertz CT molecular complexity index is 380. The maximum Gasteiger partial charge on any atom is 0.175 e. The number of aromatic nitrogens is 1. The summed E-state index contributed by atoms with van der Waals surface area (Å²) in [5, 5.41) is 0. The Kier molecular flexibility index (Phi) is 3.16. The van der Waals surface area contributed by atoms with Gasteiger partial charge in [-0.3, -0.25) is 9.78 Å². The average molecular weight is 219 g/mol. The van der Waals surface area contributed by atoms with Crippen LogP contribution in [0.25, 0.3) is 0 Å². The minimum Gasteiger partial charge on any atom is -0.293 e. The van der Waals surface area contributed by atoms with Crippen molar-refractivity contribution in [3.05, 3.63) is 16.6 Å². The summed E-state index contributed by atoms with van der Waals surface area (Å²) in [6.07, 6.45) is 2.61. The predicted octanol–water partition coefficient (Wildman–Crippen LogP) is 0.761. The number of carbonyl (C=O) groups is 1. The van der Waals surface area contributed by atoms with Gasteiger partial charge in [-0.2, -0.15) is 0 Å². The monoisotopic (exact) mass is 219 g/mol. The summed E-state index contributed by atoms with van der Waals surface area (Å²) in [6.45, 7) is 0. The van der Waals surface area contributed by atoms with E-state index in [-0.39, 0.29) is 18.0 Å². The lowest BCUT2D eigenvalue weighted by molar-refractivity contribution is 0.0992. The Hall–Kier alpha value is -0.750. The molecule has 1 heterocycles. The topological polar surface area (TPSA) is 64.1 Å². The van der Waals surface area contributed by atoms with E-state index in [2.05, 4.69) is 4.98 Å². The maximum atomic E-state index is 11.3. The molecule has 4 nitrogen and oxygen atoms in total. The van der Waals surface area contributed by atoms with Crippen molar-refractivity contribution in [1.29, 1.82) is 0 Å². The van der Waals surface area contributed by atoms with Crippen LogP contribution in [0.4, 0.5) is 0 Å². The Morgan fingerprint density at radius 3 is 2.77 bits per heavy atom. The smallest absolute Gasteiger partial charge is 0.175 e. The van der Waals surface area contributed by atoms with E-state index in [1.807, 2.05) is 0 Å². The lowest BCUT2D eigenvalue weighted by Gasteiger charge is -1.95. The van der Waals surface area contributed by atoms with Gasteiger partial charge in [0.2, 0.25) is 0 Å². The van der Waals surface area contributed by atoms with E-state index in [1.165, 1.54) is 17.5 Å². The van der Waals surface area contributed by atoms with E-state index in [4.69, 9.17) is 0 Å². The molecular formula is C7H9NO3S2. The van der Waals surface area contributed by atoms with Gasteiger partial charge in [-0.1, -0.05) is 0 Å². The lowest BCUT2D eigenvalue weighted by Crippen LogP contribution is -2.08. The second-order valence-corrected chi connectivity index (χ2v) is 5.81. The molecule has 0 saturated carbocycles. The highest BCUT2D eigenvalue weighted by Crippen LogP contribution is 2.09. The number of sulfone groups is 1.